The van der Waals surface area contributed by atoms with E-state index in [2.05, 4.69) is 15.1 Å². The molecule has 0 radical (unpaired) electrons. The molecule has 1 atom stereocenters. The number of aromatic nitrogens is 3. The Balaban J connectivity index is 1.65. The molecule has 1 aliphatic heterocycles. The Labute approximate surface area is 150 Å². The van der Waals surface area contributed by atoms with Crippen molar-refractivity contribution in [3.63, 3.8) is 0 Å². The molecule has 3 heterocycles. The number of halogens is 1. The van der Waals surface area contributed by atoms with Crippen LogP contribution in [0.15, 0.2) is 16.8 Å². The van der Waals surface area contributed by atoms with Crippen LogP contribution in [0.2, 0.25) is 5.28 Å². The van der Waals surface area contributed by atoms with Gasteiger partial charge in [0.15, 0.2) is 11.5 Å². The first-order chi connectivity index (χ1) is 12.2. The lowest BCUT2D eigenvalue weighted by atomic mass is 9.61. The maximum Gasteiger partial charge on any atom is 0.222 e. The van der Waals surface area contributed by atoms with Crippen LogP contribution in [0.1, 0.15) is 49.8 Å². The molecule has 5 rings (SSSR count). The maximum absolute atomic E-state index is 6.22. The average molecular weight is 362 g/mol. The number of rotatable bonds is 1. The number of hydrogen-bond acceptors (Lipinski definition) is 6. The molecule has 0 bridgehead atoms. The molecule has 1 saturated carbocycles. The third-order valence-corrected chi connectivity index (χ3v) is 6.16. The molecule has 0 amide bonds. The van der Waals surface area contributed by atoms with Gasteiger partial charge in [0.2, 0.25) is 5.28 Å². The highest BCUT2D eigenvalue weighted by Crippen LogP contribution is 2.56. The van der Waals surface area contributed by atoms with Gasteiger partial charge in [-0.05, 0) is 49.8 Å². The van der Waals surface area contributed by atoms with Gasteiger partial charge in [0, 0.05) is 18.2 Å². The standard InChI is InChI=1S/C18H20ClN3O3/c19-16-20-9-5-13(21-16)14-12-4-3-7-17(15(12)22-25-14)6-1-2-8-18(17)23-10-11-24-18/h5,9H,1-4,6-8,10-11H2/t17-/m0/s1. The fraction of sp³-hybridized carbons (Fsp3) is 0.611. The molecule has 7 heteroatoms. The normalized spacial score (nSPS) is 27.7. The minimum Gasteiger partial charge on any atom is -0.354 e. The highest BCUT2D eigenvalue weighted by molar-refractivity contribution is 6.28. The van der Waals surface area contributed by atoms with Crippen LogP contribution in [-0.4, -0.2) is 34.1 Å². The molecule has 0 aromatic carbocycles. The smallest absolute Gasteiger partial charge is 0.222 e. The number of hydrogen-bond donors (Lipinski definition) is 0. The lowest BCUT2D eigenvalue weighted by molar-refractivity contribution is -0.231. The monoisotopic (exact) mass is 361 g/mol. The van der Waals surface area contributed by atoms with Crippen LogP contribution in [0.5, 0.6) is 0 Å². The number of fused-ring (bicyclic) bond motifs is 3. The molecule has 25 heavy (non-hydrogen) atoms. The summed E-state index contributed by atoms with van der Waals surface area (Å²) in [5.74, 6) is 0.162. The molecule has 2 aromatic heterocycles. The summed E-state index contributed by atoms with van der Waals surface area (Å²) in [5.41, 5.74) is 2.60. The first-order valence-corrected chi connectivity index (χ1v) is 9.38. The Morgan fingerprint density at radius 3 is 2.68 bits per heavy atom. The quantitative estimate of drug-likeness (QED) is 0.722. The predicted octanol–water partition coefficient (Wildman–Crippen LogP) is 3.68. The van der Waals surface area contributed by atoms with Crippen molar-refractivity contribution in [1.82, 2.24) is 15.1 Å². The summed E-state index contributed by atoms with van der Waals surface area (Å²) in [6.07, 6.45) is 8.89. The molecule has 1 saturated heterocycles. The van der Waals surface area contributed by atoms with Crippen LogP contribution < -0.4 is 0 Å². The van der Waals surface area contributed by atoms with Crippen molar-refractivity contribution in [1.29, 1.82) is 0 Å². The molecule has 2 aromatic rings. The van der Waals surface area contributed by atoms with Gasteiger partial charge in [0.1, 0.15) is 5.69 Å². The number of ether oxygens (including phenoxy) is 2. The average Bonchev–Trinajstić information content (AvgIpc) is 3.26. The van der Waals surface area contributed by atoms with Gasteiger partial charge in [-0.15, -0.1) is 0 Å². The second-order valence-corrected chi connectivity index (χ2v) is 7.48. The van der Waals surface area contributed by atoms with Gasteiger partial charge in [0.05, 0.1) is 24.3 Å². The highest BCUT2D eigenvalue weighted by Gasteiger charge is 2.61. The first-order valence-electron chi connectivity index (χ1n) is 9.00. The van der Waals surface area contributed by atoms with E-state index in [1.807, 2.05) is 6.07 Å². The summed E-state index contributed by atoms with van der Waals surface area (Å²) in [6, 6.07) is 1.81. The van der Waals surface area contributed by atoms with Crippen molar-refractivity contribution < 1.29 is 14.0 Å². The van der Waals surface area contributed by atoms with Gasteiger partial charge >= 0.3 is 0 Å². The number of nitrogens with zero attached hydrogens (tertiary/aromatic N) is 3. The van der Waals surface area contributed by atoms with Gasteiger partial charge in [-0.1, -0.05) is 11.6 Å². The first kappa shape index (κ1) is 15.7. The lowest BCUT2D eigenvalue weighted by Gasteiger charge is -2.50. The Hall–Kier alpha value is -1.50. The summed E-state index contributed by atoms with van der Waals surface area (Å²) in [7, 11) is 0. The van der Waals surface area contributed by atoms with Gasteiger partial charge in [0.25, 0.3) is 0 Å². The molecule has 2 fully saturated rings. The van der Waals surface area contributed by atoms with Gasteiger partial charge in [-0.25, -0.2) is 9.97 Å². The fourth-order valence-electron chi connectivity index (χ4n) is 4.97. The van der Waals surface area contributed by atoms with Crippen molar-refractivity contribution in [3.05, 3.63) is 28.8 Å². The summed E-state index contributed by atoms with van der Waals surface area (Å²) in [4.78, 5) is 8.26. The Morgan fingerprint density at radius 1 is 1.04 bits per heavy atom. The topological polar surface area (TPSA) is 70.3 Å². The summed E-state index contributed by atoms with van der Waals surface area (Å²) in [6.45, 7) is 1.31. The van der Waals surface area contributed by atoms with E-state index in [0.717, 1.165) is 56.2 Å². The maximum atomic E-state index is 6.22. The van der Waals surface area contributed by atoms with Crippen molar-refractivity contribution in [2.24, 2.45) is 0 Å². The van der Waals surface area contributed by atoms with Crippen LogP contribution in [0.4, 0.5) is 0 Å². The third-order valence-electron chi connectivity index (χ3n) is 5.97. The van der Waals surface area contributed by atoms with E-state index in [1.165, 1.54) is 0 Å². The van der Waals surface area contributed by atoms with Crippen LogP contribution in [0, 0.1) is 0 Å². The Morgan fingerprint density at radius 2 is 1.84 bits per heavy atom. The molecule has 2 spiro atoms. The summed E-state index contributed by atoms with van der Waals surface area (Å²) in [5, 5.41) is 4.73. The Kier molecular flexibility index (Phi) is 3.62. The second kappa shape index (κ2) is 5.76. The van der Waals surface area contributed by atoms with Crippen LogP contribution in [0.3, 0.4) is 0 Å². The fourth-order valence-corrected chi connectivity index (χ4v) is 5.12. The third kappa shape index (κ3) is 2.20. The zero-order valence-corrected chi connectivity index (χ0v) is 14.7. The van der Waals surface area contributed by atoms with E-state index < -0.39 is 5.79 Å². The Bertz CT molecular complexity index is 803. The van der Waals surface area contributed by atoms with Crippen LogP contribution in [0.25, 0.3) is 11.5 Å². The molecule has 0 unspecified atom stereocenters. The molecule has 0 N–H and O–H groups in total. The van der Waals surface area contributed by atoms with Crippen molar-refractivity contribution in [2.75, 3.05) is 13.2 Å². The highest BCUT2D eigenvalue weighted by atomic mass is 35.5. The second-order valence-electron chi connectivity index (χ2n) is 7.14. The zero-order valence-electron chi connectivity index (χ0n) is 14.0. The van der Waals surface area contributed by atoms with Gasteiger partial charge in [-0.2, -0.15) is 0 Å². The van der Waals surface area contributed by atoms with Gasteiger partial charge < -0.3 is 14.0 Å². The lowest BCUT2D eigenvalue weighted by Crippen LogP contribution is -2.56. The van der Waals surface area contributed by atoms with E-state index in [9.17, 15) is 0 Å². The largest absolute Gasteiger partial charge is 0.354 e. The minimum atomic E-state index is -0.544. The molecular formula is C18H20ClN3O3. The van der Waals surface area contributed by atoms with Crippen molar-refractivity contribution in [2.45, 2.75) is 56.1 Å². The SMILES string of the molecule is Clc1nccc(-c2onc3c2CCC[C@@]32CCCCC23OCCO3)n1. The van der Waals surface area contributed by atoms with E-state index in [1.54, 1.807) is 6.20 Å². The van der Waals surface area contributed by atoms with Gasteiger partial charge in [-0.3, -0.25) is 0 Å². The van der Waals surface area contributed by atoms with E-state index >= 15 is 0 Å². The molecule has 6 nitrogen and oxygen atoms in total. The van der Waals surface area contributed by atoms with Crippen LogP contribution in [-0.2, 0) is 21.3 Å². The van der Waals surface area contributed by atoms with Crippen molar-refractivity contribution in [3.8, 4) is 11.5 Å². The van der Waals surface area contributed by atoms with Crippen LogP contribution >= 0.6 is 11.6 Å². The predicted molar refractivity (Wildman–Crippen MR) is 90.3 cm³/mol. The minimum absolute atomic E-state index is 0.213. The zero-order chi connectivity index (χ0) is 16.9. The molecule has 132 valence electrons. The molecular weight excluding hydrogens is 342 g/mol. The van der Waals surface area contributed by atoms with Crippen molar-refractivity contribution >= 4 is 11.6 Å². The molecule has 3 aliphatic rings. The summed E-state index contributed by atoms with van der Waals surface area (Å²) < 4.78 is 18.2. The molecule has 2 aliphatic carbocycles. The van der Waals surface area contributed by atoms with E-state index in [4.69, 9.17) is 25.6 Å². The van der Waals surface area contributed by atoms with E-state index in [0.29, 0.717) is 24.7 Å². The van der Waals surface area contributed by atoms with E-state index in [-0.39, 0.29) is 10.7 Å². The summed E-state index contributed by atoms with van der Waals surface area (Å²) >= 11 is 5.96.